The Labute approximate surface area is 123 Å². The third-order valence-corrected chi connectivity index (χ3v) is 4.94. The number of thiazole rings is 1. The Bertz CT molecular complexity index is 569. The lowest BCUT2D eigenvalue weighted by molar-refractivity contribution is 0.0877. The zero-order chi connectivity index (χ0) is 14.3. The van der Waals surface area contributed by atoms with Crippen molar-refractivity contribution >= 4 is 26.8 Å². The number of rotatable bonds is 3. The van der Waals surface area contributed by atoms with Crippen molar-refractivity contribution in [3.8, 4) is 0 Å². The molecule has 1 saturated heterocycles. The molecule has 3 rings (SSSR count). The second-order valence-corrected chi connectivity index (χ2v) is 6.89. The molecule has 1 fully saturated rings. The molecular weight excluding hydrogens is 272 g/mol. The van der Waals surface area contributed by atoms with Crippen LogP contribution in [0.15, 0.2) is 0 Å². The van der Waals surface area contributed by atoms with Crippen LogP contribution in [0, 0.1) is 12.8 Å². The summed E-state index contributed by atoms with van der Waals surface area (Å²) in [5.41, 5.74) is 2.07. The van der Waals surface area contributed by atoms with Crippen molar-refractivity contribution in [1.82, 2.24) is 14.8 Å². The van der Waals surface area contributed by atoms with E-state index in [0.29, 0.717) is 12.0 Å². The van der Waals surface area contributed by atoms with Gasteiger partial charge in [-0.2, -0.15) is 5.10 Å². The zero-order valence-corrected chi connectivity index (χ0v) is 13.4. The number of hydrogen-bond donors (Lipinski definition) is 0. The van der Waals surface area contributed by atoms with Crippen molar-refractivity contribution < 1.29 is 4.74 Å². The van der Waals surface area contributed by atoms with E-state index in [1.54, 1.807) is 11.3 Å². The molecule has 0 saturated carbocycles. The third kappa shape index (κ3) is 2.42. The van der Waals surface area contributed by atoms with Gasteiger partial charge in [-0.3, -0.25) is 0 Å². The maximum absolute atomic E-state index is 5.66. The minimum Gasteiger partial charge on any atom is -0.377 e. The van der Waals surface area contributed by atoms with Gasteiger partial charge in [0, 0.05) is 13.6 Å². The van der Waals surface area contributed by atoms with E-state index in [2.05, 4.69) is 30.8 Å². The highest BCUT2D eigenvalue weighted by molar-refractivity contribution is 7.22. The van der Waals surface area contributed by atoms with Crippen molar-refractivity contribution in [2.45, 2.75) is 33.2 Å². The van der Waals surface area contributed by atoms with Gasteiger partial charge >= 0.3 is 0 Å². The molecule has 0 aromatic carbocycles. The van der Waals surface area contributed by atoms with E-state index < -0.39 is 0 Å². The van der Waals surface area contributed by atoms with Crippen LogP contribution < -0.4 is 4.90 Å². The first-order valence-corrected chi connectivity index (χ1v) is 8.02. The molecule has 0 bridgehead atoms. The molecule has 1 atom stereocenters. The van der Waals surface area contributed by atoms with Crippen LogP contribution >= 0.6 is 11.3 Å². The Balaban J connectivity index is 1.93. The molecule has 0 radical (unpaired) electrons. The van der Waals surface area contributed by atoms with Crippen LogP contribution in [0.1, 0.15) is 26.0 Å². The van der Waals surface area contributed by atoms with Crippen molar-refractivity contribution in [3.63, 3.8) is 0 Å². The molecule has 3 heterocycles. The van der Waals surface area contributed by atoms with E-state index >= 15 is 0 Å². The number of hydrogen-bond acceptors (Lipinski definition) is 5. The smallest absolute Gasteiger partial charge is 0.188 e. The monoisotopic (exact) mass is 294 g/mol. The van der Waals surface area contributed by atoms with Gasteiger partial charge in [-0.1, -0.05) is 25.2 Å². The van der Waals surface area contributed by atoms with E-state index in [1.807, 2.05) is 11.7 Å². The highest BCUT2D eigenvalue weighted by Gasteiger charge is 2.27. The van der Waals surface area contributed by atoms with Crippen molar-refractivity contribution in [1.29, 1.82) is 0 Å². The normalized spacial score (nSPS) is 20.2. The Morgan fingerprint density at radius 1 is 1.45 bits per heavy atom. The number of aryl methyl sites for hydroxylation is 2. The van der Waals surface area contributed by atoms with Crippen molar-refractivity contribution in [3.05, 3.63) is 5.69 Å². The van der Waals surface area contributed by atoms with Gasteiger partial charge in [-0.15, -0.1) is 0 Å². The van der Waals surface area contributed by atoms with Crippen LogP contribution in [0.5, 0.6) is 0 Å². The van der Waals surface area contributed by atoms with Gasteiger partial charge in [0.1, 0.15) is 0 Å². The van der Waals surface area contributed by atoms with Crippen LogP contribution in [0.25, 0.3) is 10.3 Å². The summed E-state index contributed by atoms with van der Waals surface area (Å²) < 4.78 is 8.74. The standard InChI is InChI=1S/C14H22N4OS/c1-9(2)7-11-8-19-6-5-18(11)14-15-13-12(20-14)10(3)16-17(13)4/h9,11H,5-8H2,1-4H3/t11-/m0/s1. The molecule has 5 nitrogen and oxygen atoms in total. The molecular formula is C14H22N4OS. The summed E-state index contributed by atoms with van der Waals surface area (Å²) in [7, 11) is 1.96. The van der Waals surface area contributed by atoms with Crippen molar-refractivity contribution in [2.24, 2.45) is 13.0 Å². The summed E-state index contributed by atoms with van der Waals surface area (Å²) in [4.78, 5) is 7.23. The molecule has 110 valence electrons. The zero-order valence-electron chi connectivity index (χ0n) is 12.6. The predicted octanol–water partition coefficient (Wildman–Crippen LogP) is 2.59. The molecule has 20 heavy (non-hydrogen) atoms. The molecule has 0 N–H and O–H groups in total. The number of fused-ring (bicyclic) bond motifs is 1. The van der Waals surface area contributed by atoms with Gasteiger partial charge in [0.2, 0.25) is 0 Å². The maximum Gasteiger partial charge on any atom is 0.188 e. The largest absolute Gasteiger partial charge is 0.377 e. The van der Waals surface area contributed by atoms with E-state index in [9.17, 15) is 0 Å². The summed E-state index contributed by atoms with van der Waals surface area (Å²) in [6.45, 7) is 9.12. The van der Waals surface area contributed by atoms with Gasteiger partial charge in [-0.05, 0) is 19.3 Å². The van der Waals surface area contributed by atoms with Crippen LogP contribution in [-0.2, 0) is 11.8 Å². The lowest BCUT2D eigenvalue weighted by Crippen LogP contribution is -2.46. The molecule has 0 aliphatic carbocycles. The third-order valence-electron chi connectivity index (χ3n) is 3.75. The molecule has 0 amide bonds. The molecule has 6 heteroatoms. The van der Waals surface area contributed by atoms with Gasteiger partial charge in [0.15, 0.2) is 10.8 Å². The lowest BCUT2D eigenvalue weighted by Gasteiger charge is -2.36. The Morgan fingerprint density at radius 2 is 2.25 bits per heavy atom. The first-order valence-electron chi connectivity index (χ1n) is 7.20. The summed E-state index contributed by atoms with van der Waals surface area (Å²) >= 11 is 1.76. The van der Waals surface area contributed by atoms with E-state index in [4.69, 9.17) is 9.72 Å². The molecule has 1 aliphatic heterocycles. The Morgan fingerprint density at radius 3 is 2.95 bits per heavy atom. The van der Waals surface area contributed by atoms with E-state index in [-0.39, 0.29) is 0 Å². The number of nitrogens with zero attached hydrogens (tertiary/aromatic N) is 4. The Kier molecular flexibility index (Phi) is 3.69. The van der Waals surface area contributed by atoms with Crippen LogP contribution in [0.2, 0.25) is 0 Å². The van der Waals surface area contributed by atoms with Crippen molar-refractivity contribution in [2.75, 3.05) is 24.7 Å². The number of morpholine rings is 1. The topological polar surface area (TPSA) is 43.2 Å². The van der Waals surface area contributed by atoms with E-state index in [1.165, 1.54) is 4.70 Å². The van der Waals surface area contributed by atoms with Gasteiger partial charge in [-0.25, -0.2) is 9.67 Å². The maximum atomic E-state index is 5.66. The molecule has 1 aliphatic rings. The van der Waals surface area contributed by atoms with Gasteiger partial charge < -0.3 is 9.64 Å². The van der Waals surface area contributed by atoms with Crippen LogP contribution in [0.4, 0.5) is 5.13 Å². The number of aromatic nitrogens is 3. The highest BCUT2D eigenvalue weighted by Crippen LogP contribution is 2.33. The fourth-order valence-corrected chi connectivity index (χ4v) is 3.97. The van der Waals surface area contributed by atoms with Crippen LogP contribution in [-0.4, -0.2) is 40.6 Å². The second kappa shape index (κ2) is 5.33. The highest BCUT2D eigenvalue weighted by atomic mass is 32.1. The summed E-state index contributed by atoms with van der Waals surface area (Å²) in [6, 6.07) is 0.442. The average molecular weight is 294 g/mol. The Hall–Kier alpha value is -1.14. The first kappa shape index (κ1) is 13.8. The molecule has 0 unspecified atom stereocenters. The fourth-order valence-electron chi connectivity index (χ4n) is 2.84. The quantitative estimate of drug-likeness (QED) is 0.872. The number of anilines is 1. The molecule has 2 aromatic rings. The van der Waals surface area contributed by atoms with Gasteiger partial charge in [0.25, 0.3) is 0 Å². The minimum absolute atomic E-state index is 0.442. The predicted molar refractivity (Wildman–Crippen MR) is 82.5 cm³/mol. The molecule has 0 spiro atoms. The summed E-state index contributed by atoms with van der Waals surface area (Å²) in [5, 5.41) is 5.54. The SMILES string of the molecule is Cc1nn(C)c2nc(N3CCOC[C@@H]3CC(C)C)sc12. The number of ether oxygens (including phenoxy) is 1. The minimum atomic E-state index is 0.442. The van der Waals surface area contributed by atoms with Crippen LogP contribution in [0.3, 0.4) is 0 Å². The van der Waals surface area contributed by atoms with Gasteiger partial charge in [0.05, 0.1) is 29.6 Å². The summed E-state index contributed by atoms with van der Waals surface area (Å²) in [6.07, 6.45) is 1.15. The lowest BCUT2D eigenvalue weighted by atomic mass is 10.0. The van der Waals surface area contributed by atoms with E-state index in [0.717, 1.165) is 42.7 Å². The summed E-state index contributed by atoms with van der Waals surface area (Å²) in [5.74, 6) is 0.669. The first-order chi connectivity index (χ1) is 9.56. The molecule has 2 aromatic heterocycles. The average Bonchev–Trinajstić information content (AvgIpc) is 2.92. The fraction of sp³-hybridized carbons (Fsp3) is 0.714. The second-order valence-electron chi connectivity index (χ2n) is 5.91.